The van der Waals surface area contributed by atoms with Gasteiger partial charge in [0.15, 0.2) is 0 Å². The van der Waals surface area contributed by atoms with Crippen LogP contribution in [0.25, 0.3) is 0 Å². The lowest BCUT2D eigenvalue weighted by molar-refractivity contribution is 1.39. The second-order valence-electron chi connectivity index (χ2n) is 4.29. The molecule has 79 valence electrons. The molecule has 0 fully saturated rings. The van der Waals surface area contributed by atoms with Crippen LogP contribution in [0.15, 0.2) is 4.99 Å². The van der Waals surface area contributed by atoms with E-state index in [0.29, 0.717) is 22.4 Å². The lowest BCUT2D eigenvalue weighted by atomic mass is 9.16. The maximum atomic E-state index is 6.04. The number of nitrogens with two attached hydrogens (primary N) is 1. The third-order valence-electron chi connectivity index (χ3n) is 2.90. The van der Waals surface area contributed by atoms with Crippen LogP contribution in [0, 0.1) is 13.8 Å². The van der Waals surface area contributed by atoms with Crippen molar-refractivity contribution in [2.24, 2.45) is 10.7 Å². The van der Waals surface area contributed by atoms with Gasteiger partial charge in [-0.15, -0.1) is 5.46 Å². The summed E-state index contributed by atoms with van der Waals surface area (Å²) in [6.07, 6.45) is 0. The molecule has 18 heavy (non-hydrogen) atoms. The average Bonchev–Trinajstić information content (AvgIpc) is 2.25. The van der Waals surface area contributed by atoms with Crippen LogP contribution >= 0.6 is 0 Å². The van der Waals surface area contributed by atoms with Gasteiger partial charge in [0.05, 0.1) is 25.2 Å². The maximum absolute atomic E-state index is 6.04. The van der Waals surface area contributed by atoms with Gasteiger partial charge < -0.3 is 5.73 Å². The van der Waals surface area contributed by atoms with Gasteiger partial charge in [-0.3, -0.25) is 0 Å². The van der Waals surface area contributed by atoms with Gasteiger partial charge in [0, 0.05) is 23.2 Å². The smallest absolute Gasteiger partial charge is 0.113 e. The second kappa shape index (κ2) is 5.81. The lowest BCUT2D eigenvalue weighted by Gasteiger charge is -2.22. The van der Waals surface area contributed by atoms with Gasteiger partial charge in [0.2, 0.25) is 0 Å². The van der Waals surface area contributed by atoms with E-state index in [4.69, 9.17) is 36.8 Å². The molecule has 0 saturated heterocycles. The molecule has 0 aliphatic carbocycles. The zero-order valence-electron chi connectivity index (χ0n) is 11.0. The fourth-order valence-corrected chi connectivity index (χ4v) is 2.00. The standard InChI is InChI=1S/C10H11B6N2/c1-4-7(11)8(15-12)5(2)9(16(13)14)10(4)18-6(3)17/h1-3H3,(H2,17,18). The molecule has 1 aromatic carbocycles. The van der Waals surface area contributed by atoms with Crippen molar-refractivity contribution in [2.45, 2.75) is 20.8 Å². The zero-order valence-corrected chi connectivity index (χ0v) is 11.0. The van der Waals surface area contributed by atoms with Crippen molar-refractivity contribution in [3.8, 4) is 0 Å². The number of hydrogen-bond acceptors (Lipinski definition) is 1. The number of hydrogen-bond donors (Lipinski definition) is 1. The van der Waals surface area contributed by atoms with Crippen LogP contribution in [0.1, 0.15) is 18.1 Å². The number of aliphatic imine (C=N–C) groups is 1. The summed E-state index contributed by atoms with van der Waals surface area (Å²) in [6.45, 7) is 4.73. The van der Waals surface area contributed by atoms with E-state index in [1.807, 2.05) is 13.8 Å². The molecule has 0 atom stereocenters. The highest BCUT2D eigenvalue weighted by atomic mass is 14.8. The molecular weight excluding hydrogens is 213 g/mol. The van der Waals surface area contributed by atoms with Crippen LogP contribution in [-0.2, 0) is 0 Å². The largest absolute Gasteiger partial charge is 0.387 e. The second-order valence-corrected chi connectivity index (χ2v) is 4.29. The van der Waals surface area contributed by atoms with Gasteiger partial charge in [0.1, 0.15) is 7.85 Å². The van der Waals surface area contributed by atoms with Crippen molar-refractivity contribution < 1.29 is 0 Å². The van der Waals surface area contributed by atoms with E-state index < -0.39 is 6.49 Å². The normalized spacial score (nSPS) is 11.4. The van der Waals surface area contributed by atoms with Crippen molar-refractivity contribution in [1.82, 2.24) is 0 Å². The predicted octanol–water partition coefficient (Wildman–Crippen LogP) is -2.45. The Hall–Kier alpha value is -0.920. The number of nitrogens with zero attached hydrogens (tertiary/aromatic N) is 1. The minimum atomic E-state index is -0.666. The molecule has 0 amide bonds. The molecule has 0 saturated carbocycles. The number of amidine groups is 1. The van der Waals surface area contributed by atoms with E-state index in [1.165, 1.54) is 7.17 Å². The van der Waals surface area contributed by atoms with Crippen molar-refractivity contribution in [2.75, 3.05) is 0 Å². The zero-order chi connectivity index (χ0) is 14.0. The molecule has 0 heterocycles. The molecule has 2 N–H and O–H groups in total. The molecule has 0 aliphatic heterocycles. The molecule has 1 rings (SSSR count). The van der Waals surface area contributed by atoms with E-state index in [0.717, 1.165) is 16.6 Å². The Bertz CT molecular complexity index is 494. The molecule has 0 spiro atoms. The van der Waals surface area contributed by atoms with E-state index in [2.05, 4.69) is 4.99 Å². The molecule has 2 nitrogen and oxygen atoms in total. The summed E-state index contributed by atoms with van der Waals surface area (Å²) in [6, 6.07) is 0. The summed E-state index contributed by atoms with van der Waals surface area (Å²) < 4.78 is 0. The molecular formula is C10H11B6N2. The molecule has 0 aliphatic rings. The minimum absolute atomic E-state index is 0.420. The predicted molar refractivity (Wildman–Crippen MR) is 86.3 cm³/mol. The van der Waals surface area contributed by atoms with Gasteiger partial charge in [0.25, 0.3) is 0 Å². The lowest BCUT2D eigenvalue weighted by Crippen LogP contribution is -2.46. The average molecular weight is 224 g/mol. The first-order chi connectivity index (χ1) is 8.31. The van der Waals surface area contributed by atoms with Crippen molar-refractivity contribution in [3.63, 3.8) is 0 Å². The van der Waals surface area contributed by atoms with Gasteiger partial charge in [-0.2, -0.15) is 0 Å². The Kier molecular flexibility index (Phi) is 4.89. The summed E-state index contributed by atoms with van der Waals surface area (Å²) in [5, 5.41) is 0. The number of rotatable bonds is 3. The number of benzene rings is 1. The molecule has 1 aromatic rings. The van der Waals surface area contributed by atoms with E-state index in [9.17, 15) is 0 Å². The summed E-state index contributed by atoms with van der Waals surface area (Å²) in [4.78, 5) is 4.28. The Balaban J connectivity index is 3.74. The fraction of sp³-hybridized carbons (Fsp3) is 0.300. The first kappa shape index (κ1) is 15.1. The van der Waals surface area contributed by atoms with Gasteiger partial charge in [-0.1, -0.05) is 16.5 Å². The molecule has 8 heteroatoms. The first-order valence-corrected chi connectivity index (χ1v) is 5.60. The van der Waals surface area contributed by atoms with Crippen LogP contribution < -0.4 is 22.1 Å². The quantitative estimate of drug-likeness (QED) is 0.345. The monoisotopic (exact) mass is 225 g/mol. The third kappa shape index (κ3) is 2.73. The minimum Gasteiger partial charge on any atom is -0.387 e. The third-order valence-corrected chi connectivity index (χ3v) is 2.90. The van der Waals surface area contributed by atoms with Crippen molar-refractivity contribution in [1.29, 1.82) is 0 Å². The highest BCUT2D eigenvalue weighted by Crippen LogP contribution is 2.15. The SMILES string of the molecule is [B][B]c1c([B])c(C)c(N=C(C)N)c(B([B])[B])c1C. The Labute approximate surface area is 115 Å². The van der Waals surface area contributed by atoms with E-state index in [-0.39, 0.29) is 0 Å². The molecule has 0 unspecified atom stereocenters. The van der Waals surface area contributed by atoms with Gasteiger partial charge in [-0.25, -0.2) is 4.99 Å². The molecule has 0 aromatic heterocycles. The van der Waals surface area contributed by atoms with Crippen molar-refractivity contribution in [3.05, 3.63) is 11.1 Å². The van der Waals surface area contributed by atoms with Crippen LogP contribution in [0.3, 0.4) is 0 Å². The summed E-state index contributed by atoms with van der Waals surface area (Å²) in [5.41, 5.74) is 9.88. The van der Waals surface area contributed by atoms with Crippen LogP contribution in [0.4, 0.5) is 5.69 Å². The summed E-state index contributed by atoms with van der Waals surface area (Å²) in [5.74, 6) is 0.420. The van der Waals surface area contributed by atoms with Gasteiger partial charge in [-0.05, 0) is 26.3 Å². The maximum Gasteiger partial charge on any atom is 0.113 e. The van der Waals surface area contributed by atoms with Crippen LogP contribution in [0.5, 0.6) is 0 Å². The highest BCUT2D eigenvalue weighted by Gasteiger charge is 2.18. The first-order valence-electron chi connectivity index (χ1n) is 5.60. The highest BCUT2D eigenvalue weighted by molar-refractivity contribution is 7.35. The molecule has 9 radical (unpaired) electrons. The topological polar surface area (TPSA) is 38.4 Å². The Morgan fingerprint density at radius 1 is 1.28 bits per heavy atom. The van der Waals surface area contributed by atoms with Crippen LogP contribution in [-0.4, -0.2) is 50.6 Å². The van der Waals surface area contributed by atoms with Crippen LogP contribution in [0.2, 0.25) is 0 Å². The Morgan fingerprint density at radius 3 is 2.22 bits per heavy atom. The summed E-state index contributed by atoms with van der Waals surface area (Å²) in [7, 11) is 24.7. The Morgan fingerprint density at radius 2 is 1.83 bits per heavy atom. The van der Waals surface area contributed by atoms with Crippen molar-refractivity contribution >= 4 is 72.6 Å². The molecule has 0 bridgehead atoms. The van der Waals surface area contributed by atoms with E-state index >= 15 is 0 Å². The fourth-order valence-electron chi connectivity index (χ4n) is 2.00. The van der Waals surface area contributed by atoms with E-state index in [1.54, 1.807) is 6.92 Å². The van der Waals surface area contributed by atoms with Gasteiger partial charge >= 0.3 is 0 Å². The summed E-state index contributed by atoms with van der Waals surface area (Å²) >= 11 is 0.